The van der Waals surface area contributed by atoms with Crippen molar-refractivity contribution >= 4 is 22.9 Å². The lowest BCUT2D eigenvalue weighted by Crippen LogP contribution is -2.10. The highest BCUT2D eigenvalue weighted by molar-refractivity contribution is 5.84. The zero-order valence-corrected chi connectivity index (χ0v) is 12.0. The summed E-state index contributed by atoms with van der Waals surface area (Å²) in [6.45, 7) is 3.07. The molecule has 3 rings (SSSR count). The molecule has 21 heavy (non-hydrogen) atoms. The molecule has 112 valence electrons. The van der Waals surface area contributed by atoms with E-state index in [4.69, 9.17) is 5.73 Å². The number of hydrogen-bond acceptors (Lipinski definition) is 6. The maximum Gasteiger partial charge on any atom is 0.224 e. The Hall–Kier alpha value is -2.15. The van der Waals surface area contributed by atoms with E-state index < -0.39 is 0 Å². The van der Waals surface area contributed by atoms with Crippen molar-refractivity contribution in [3.8, 4) is 0 Å². The topological polar surface area (TPSA) is 102 Å². The van der Waals surface area contributed by atoms with Crippen LogP contribution >= 0.6 is 0 Å². The molecular weight excluding hydrogens is 268 g/mol. The fourth-order valence-electron chi connectivity index (χ4n) is 2.64. The lowest BCUT2D eigenvalue weighted by Gasteiger charge is -2.13. The summed E-state index contributed by atoms with van der Waals surface area (Å²) in [5.41, 5.74) is 7.28. The number of rotatable bonds is 5. The Bertz CT molecular complexity index is 665. The average molecular weight is 288 g/mol. The van der Waals surface area contributed by atoms with Gasteiger partial charge in [-0.1, -0.05) is 19.1 Å². The van der Waals surface area contributed by atoms with E-state index in [1.807, 2.05) is 10.6 Å². The van der Waals surface area contributed by atoms with Crippen LogP contribution in [0.3, 0.4) is 0 Å². The number of aromatic nitrogens is 4. The maximum absolute atomic E-state index is 9.25. The number of anilines is 2. The Kier molecular flexibility index (Phi) is 3.74. The largest absolute Gasteiger partial charge is 0.396 e. The van der Waals surface area contributed by atoms with Gasteiger partial charge in [-0.25, -0.2) is 4.98 Å². The van der Waals surface area contributed by atoms with E-state index in [1.165, 1.54) is 0 Å². The number of nitrogens with zero attached hydrogens (tertiary/aromatic N) is 4. The third kappa shape index (κ3) is 2.56. The Morgan fingerprint density at radius 2 is 2.29 bits per heavy atom. The van der Waals surface area contributed by atoms with E-state index >= 15 is 0 Å². The minimum absolute atomic E-state index is 0.153. The van der Waals surface area contributed by atoms with Gasteiger partial charge in [-0.15, -0.1) is 0 Å². The van der Waals surface area contributed by atoms with Gasteiger partial charge < -0.3 is 20.7 Å². The van der Waals surface area contributed by atoms with Crippen molar-refractivity contribution in [2.75, 3.05) is 24.2 Å². The van der Waals surface area contributed by atoms with Gasteiger partial charge in [-0.2, -0.15) is 9.97 Å². The quantitative estimate of drug-likeness (QED) is 0.718. The number of fused-ring (bicyclic) bond motifs is 1. The van der Waals surface area contributed by atoms with Gasteiger partial charge in [0.1, 0.15) is 0 Å². The summed E-state index contributed by atoms with van der Waals surface area (Å²) < 4.78 is 2.00. The SMILES string of the molecule is CCCNc1nc(N)nc2c1ncn2C1C=C[C@@H](CO)C1. The maximum atomic E-state index is 9.25. The van der Waals surface area contributed by atoms with Crippen molar-refractivity contribution in [1.82, 2.24) is 19.5 Å². The molecule has 4 N–H and O–H groups in total. The predicted octanol–water partition coefficient (Wildman–Crippen LogP) is 1.34. The number of nitrogen functional groups attached to an aromatic ring is 1. The summed E-state index contributed by atoms with van der Waals surface area (Å²) >= 11 is 0. The molecule has 1 aliphatic rings. The second kappa shape index (κ2) is 5.69. The van der Waals surface area contributed by atoms with Crippen LogP contribution < -0.4 is 11.1 Å². The van der Waals surface area contributed by atoms with Crippen molar-refractivity contribution in [3.05, 3.63) is 18.5 Å². The average Bonchev–Trinajstić information content (AvgIpc) is 3.10. The Morgan fingerprint density at radius 1 is 1.43 bits per heavy atom. The Morgan fingerprint density at radius 3 is 3.00 bits per heavy atom. The fourth-order valence-corrected chi connectivity index (χ4v) is 2.64. The van der Waals surface area contributed by atoms with Crippen molar-refractivity contribution in [3.63, 3.8) is 0 Å². The first-order valence-corrected chi connectivity index (χ1v) is 7.26. The monoisotopic (exact) mass is 288 g/mol. The minimum Gasteiger partial charge on any atom is -0.396 e. The van der Waals surface area contributed by atoms with E-state index in [1.54, 1.807) is 6.33 Å². The van der Waals surface area contributed by atoms with Gasteiger partial charge in [-0.3, -0.25) is 0 Å². The molecule has 0 radical (unpaired) electrons. The summed E-state index contributed by atoms with van der Waals surface area (Å²) in [7, 11) is 0. The van der Waals surface area contributed by atoms with Crippen LogP contribution in [0.25, 0.3) is 11.2 Å². The van der Waals surface area contributed by atoms with Crippen LogP contribution in [0.2, 0.25) is 0 Å². The molecule has 7 nitrogen and oxygen atoms in total. The molecular formula is C14H20N6O. The summed E-state index contributed by atoms with van der Waals surface area (Å²) in [5.74, 6) is 1.12. The normalized spacial score (nSPS) is 21.2. The summed E-state index contributed by atoms with van der Waals surface area (Å²) in [6, 6.07) is 0.153. The zero-order chi connectivity index (χ0) is 14.8. The van der Waals surface area contributed by atoms with Crippen LogP contribution in [-0.2, 0) is 0 Å². The van der Waals surface area contributed by atoms with Crippen molar-refractivity contribution in [2.24, 2.45) is 5.92 Å². The number of nitrogens with one attached hydrogen (secondary N) is 1. The van der Waals surface area contributed by atoms with Gasteiger partial charge in [0.15, 0.2) is 17.0 Å². The zero-order valence-electron chi connectivity index (χ0n) is 12.0. The predicted molar refractivity (Wildman–Crippen MR) is 81.9 cm³/mol. The van der Waals surface area contributed by atoms with Gasteiger partial charge >= 0.3 is 0 Å². The van der Waals surface area contributed by atoms with Crippen LogP contribution in [0.4, 0.5) is 11.8 Å². The molecule has 2 heterocycles. The highest BCUT2D eigenvalue weighted by atomic mass is 16.3. The summed E-state index contributed by atoms with van der Waals surface area (Å²) in [4.78, 5) is 13.0. The highest BCUT2D eigenvalue weighted by Gasteiger charge is 2.22. The molecule has 0 spiro atoms. The first-order chi connectivity index (χ1) is 10.2. The number of nitrogens with two attached hydrogens (primary N) is 1. The van der Waals surface area contributed by atoms with E-state index in [2.05, 4.69) is 33.3 Å². The molecule has 0 fully saturated rings. The number of imidazole rings is 1. The molecule has 1 unspecified atom stereocenters. The number of allylic oxidation sites excluding steroid dienone is 1. The standard InChI is InChI=1S/C14H20N6O/c1-2-5-16-12-11-13(19-14(15)18-12)20(8-17-11)10-4-3-9(6-10)7-21/h3-4,8-10,21H,2,5-7H2,1H3,(H3,15,16,18,19)/t9-,10?/m1/s1. The number of aliphatic hydroxyl groups excluding tert-OH is 1. The molecule has 7 heteroatoms. The molecule has 0 aromatic carbocycles. The lowest BCUT2D eigenvalue weighted by atomic mass is 10.1. The van der Waals surface area contributed by atoms with Crippen LogP contribution in [0.5, 0.6) is 0 Å². The molecule has 0 saturated heterocycles. The summed E-state index contributed by atoms with van der Waals surface area (Å²) in [5, 5.41) is 12.5. The first-order valence-electron chi connectivity index (χ1n) is 7.26. The highest BCUT2D eigenvalue weighted by Crippen LogP contribution is 2.31. The number of aliphatic hydroxyl groups is 1. The van der Waals surface area contributed by atoms with E-state index in [9.17, 15) is 5.11 Å². The van der Waals surface area contributed by atoms with Crippen LogP contribution in [0.15, 0.2) is 18.5 Å². The number of hydrogen-bond donors (Lipinski definition) is 3. The molecule has 0 aliphatic heterocycles. The van der Waals surface area contributed by atoms with Gasteiger partial charge in [0.05, 0.1) is 12.4 Å². The van der Waals surface area contributed by atoms with Crippen LogP contribution in [-0.4, -0.2) is 37.8 Å². The fraction of sp³-hybridized carbons (Fsp3) is 0.500. The minimum atomic E-state index is 0.153. The molecule has 2 aromatic heterocycles. The Balaban J connectivity index is 1.98. The molecule has 0 amide bonds. The molecule has 1 aliphatic carbocycles. The van der Waals surface area contributed by atoms with Crippen LogP contribution in [0.1, 0.15) is 25.8 Å². The van der Waals surface area contributed by atoms with Crippen molar-refractivity contribution < 1.29 is 5.11 Å². The third-order valence-corrected chi connectivity index (χ3v) is 3.72. The first kappa shape index (κ1) is 13.8. The second-order valence-corrected chi connectivity index (χ2v) is 5.31. The van der Waals surface area contributed by atoms with Gasteiger partial charge in [0.2, 0.25) is 5.95 Å². The summed E-state index contributed by atoms with van der Waals surface area (Å²) in [6.07, 6.45) is 7.74. The van der Waals surface area contributed by atoms with Crippen molar-refractivity contribution in [2.45, 2.75) is 25.8 Å². The smallest absolute Gasteiger partial charge is 0.224 e. The molecule has 0 bridgehead atoms. The van der Waals surface area contributed by atoms with Crippen molar-refractivity contribution in [1.29, 1.82) is 0 Å². The second-order valence-electron chi connectivity index (χ2n) is 5.31. The van der Waals surface area contributed by atoms with Crippen LogP contribution in [0, 0.1) is 5.92 Å². The molecule has 2 aromatic rings. The van der Waals surface area contributed by atoms with Gasteiger partial charge in [-0.05, 0) is 12.8 Å². The Labute approximate surface area is 122 Å². The van der Waals surface area contributed by atoms with E-state index in [0.717, 1.165) is 30.6 Å². The third-order valence-electron chi connectivity index (χ3n) is 3.72. The molecule has 0 saturated carbocycles. The van der Waals surface area contributed by atoms with E-state index in [0.29, 0.717) is 5.82 Å². The van der Waals surface area contributed by atoms with Gasteiger partial charge in [0, 0.05) is 19.1 Å². The van der Waals surface area contributed by atoms with Gasteiger partial charge in [0.25, 0.3) is 0 Å². The van der Waals surface area contributed by atoms with E-state index in [-0.39, 0.29) is 24.5 Å². The molecule has 2 atom stereocenters. The lowest BCUT2D eigenvalue weighted by molar-refractivity contribution is 0.244.